The third-order valence-electron chi connectivity index (χ3n) is 4.85. The van der Waals surface area contributed by atoms with Crippen molar-refractivity contribution in [2.24, 2.45) is 0 Å². The van der Waals surface area contributed by atoms with Gasteiger partial charge in [-0.15, -0.1) is 0 Å². The molecule has 0 spiro atoms. The van der Waals surface area contributed by atoms with Crippen LogP contribution in [0.1, 0.15) is 79.4 Å². The van der Waals surface area contributed by atoms with Crippen molar-refractivity contribution < 1.29 is 18.8 Å². The first-order chi connectivity index (χ1) is 13.3. The standard InChI is InChI=1S/C21H36N4O4/c1-15(26)25(14-18(27)28-21(5,6)7)16-9-8-11-24(12-10-16)13-17-22-19(23-29-17)20(2,3)4/h16H,8-14H2,1-7H3/t16-/m0/s1. The number of ether oxygens (including phenoxy) is 1. The fraction of sp³-hybridized carbons (Fsp3) is 0.810. The Kier molecular flexibility index (Phi) is 7.43. The molecule has 0 aliphatic carbocycles. The van der Waals surface area contributed by atoms with E-state index in [1.54, 1.807) is 4.90 Å². The summed E-state index contributed by atoms with van der Waals surface area (Å²) in [5.41, 5.74) is -0.703. The number of nitrogens with zero attached hydrogens (tertiary/aromatic N) is 4. The Morgan fingerprint density at radius 2 is 1.86 bits per heavy atom. The van der Waals surface area contributed by atoms with Crippen LogP contribution in [0.4, 0.5) is 0 Å². The van der Waals surface area contributed by atoms with Crippen LogP contribution in [-0.4, -0.2) is 63.1 Å². The number of carbonyl (C=O) groups excluding carboxylic acids is 2. The average Bonchev–Trinajstić information content (AvgIpc) is 2.91. The molecule has 29 heavy (non-hydrogen) atoms. The Morgan fingerprint density at radius 3 is 2.41 bits per heavy atom. The van der Waals surface area contributed by atoms with E-state index in [9.17, 15) is 9.59 Å². The monoisotopic (exact) mass is 408 g/mol. The topological polar surface area (TPSA) is 88.8 Å². The minimum absolute atomic E-state index is 0.00410. The molecule has 164 valence electrons. The van der Waals surface area contributed by atoms with Crippen LogP contribution in [-0.2, 0) is 26.3 Å². The zero-order chi connectivity index (χ0) is 21.8. The van der Waals surface area contributed by atoms with Gasteiger partial charge in [0, 0.05) is 24.9 Å². The fourth-order valence-electron chi connectivity index (χ4n) is 3.43. The smallest absolute Gasteiger partial charge is 0.326 e. The van der Waals surface area contributed by atoms with Crippen molar-refractivity contribution >= 4 is 11.9 Å². The Hall–Kier alpha value is -1.96. The second-order valence-corrected chi connectivity index (χ2v) is 9.86. The molecule has 0 bridgehead atoms. The van der Waals surface area contributed by atoms with E-state index in [2.05, 4.69) is 35.8 Å². The summed E-state index contributed by atoms with van der Waals surface area (Å²) in [4.78, 5) is 32.9. The number of likely N-dealkylation sites (tertiary alicyclic amines) is 1. The first-order valence-corrected chi connectivity index (χ1v) is 10.4. The third kappa shape index (κ3) is 7.42. The minimum atomic E-state index is -0.560. The molecule has 1 atom stereocenters. The maximum absolute atomic E-state index is 12.2. The van der Waals surface area contributed by atoms with E-state index in [0.717, 1.165) is 32.4 Å². The van der Waals surface area contributed by atoms with Crippen LogP contribution in [0.2, 0.25) is 0 Å². The lowest BCUT2D eigenvalue weighted by atomic mass is 9.96. The van der Waals surface area contributed by atoms with Crippen molar-refractivity contribution in [2.45, 2.75) is 91.3 Å². The Bertz CT molecular complexity index is 702. The predicted molar refractivity (Wildman–Crippen MR) is 109 cm³/mol. The normalized spacial score (nSPS) is 18.9. The van der Waals surface area contributed by atoms with Crippen molar-refractivity contribution in [1.29, 1.82) is 0 Å². The van der Waals surface area contributed by atoms with Gasteiger partial charge in [0.25, 0.3) is 0 Å². The van der Waals surface area contributed by atoms with Gasteiger partial charge in [-0.1, -0.05) is 25.9 Å². The van der Waals surface area contributed by atoms with Gasteiger partial charge in [0.2, 0.25) is 11.8 Å². The average molecular weight is 409 g/mol. The SMILES string of the molecule is CC(=O)N(CC(=O)OC(C)(C)C)[C@H]1CCCN(Cc2nc(C(C)(C)C)no2)CC1. The molecule has 0 unspecified atom stereocenters. The van der Waals surface area contributed by atoms with Crippen LogP contribution < -0.4 is 0 Å². The third-order valence-corrected chi connectivity index (χ3v) is 4.85. The molecule has 8 heteroatoms. The molecule has 0 radical (unpaired) electrons. The van der Waals surface area contributed by atoms with Crippen LogP contribution >= 0.6 is 0 Å². The maximum atomic E-state index is 12.2. The highest BCUT2D eigenvalue weighted by atomic mass is 16.6. The summed E-state index contributed by atoms with van der Waals surface area (Å²) >= 11 is 0. The zero-order valence-electron chi connectivity index (χ0n) is 18.9. The van der Waals surface area contributed by atoms with E-state index in [1.807, 2.05) is 20.8 Å². The molecule has 1 aromatic rings. The summed E-state index contributed by atoms with van der Waals surface area (Å²) in [6.45, 7) is 15.5. The van der Waals surface area contributed by atoms with Crippen LogP contribution in [0.5, 0.6) is 0 Å². The molecule has 2 heterocycles. The Balaban J connectivity index is 1.95. The summed E-state index contributed by atoms with van der Waals surface area (Å²) in [5.74, 6) is 0.862. The van der Waals surface area contributed by atoms with Crippen molar-refractivity contribution in [1.82, 2.24) is 19.9 Å². The molecule has 0 N–H and O–H groups in total. The summed E-state index contributed by atoms with van der Waals surface area (Å²) in [5, 5.41) is 4.09. The highest BCUT2D eigenvalue weighted by Gasteiger charge is 2.29. The first-order valence-electron chi connectivity index (χ1n) is 10.4. The number of hydrogen-bond donors (Lipinski definition) is 0. The summed E-state index contributed by atoms with van der Waals surface area (Å²) in [7, 11) is 0. The quantitative estimate of drug-likeness (QED) is 0.692. The fourth-order valence-corrected chi connectivity index (χ4v) is 3.43. The van der Waals surface area contributed by atoms with Gasteiger partial charge in [-0.25, -0.2) is 0 Å². The van der Waals surface area contributed by atoms with Gasteiger partial charge in [-0.3, -0.25) is 14.5 Å². The van der Waals surface area contributed by atoms with Gasteiger partial charge < -0.3 is 14.2 Å². The largest absolute Gasteiger partial charge is 0.459 e. The van der Waals surface area contributed by atoms with E-state index >= 15 is 0 Å². The zero-order valence-corrected chi connectivity index (χ0v) is 18.9. The van der Waals surface area contributed by atoms with E-state index in [0.29, 0.717) is 18.3 Å². The van der Waals surface area contributed by atoms with E-state index < -0.39 is 5.60 Å². The van der Waals surface area contributed by atoms with Crippen molar-refractivity contribution in [3.05, 3.63) is 11.7 Å². The second-order valence-electron chi connectivity index (χ2n) is 9.86. The van der Waals surface area contributed by atoms with Gasteiger partial charge in [-0.2, -0.15) is 4.98 Å². The second kappa shape index (κ2) is 9.24. The van der Waals surface area contributed by atoms with Crippen LogP contribution in [0.3, 0.4) is 0 Å². The van der Waals surface area contributed by atoms with Crippen LogP contribution in [0.15, 0.2) is 4.52 Å². The molecule has 1 amide bonds. The lowest BCUT2D eigenvalue weighted by molar-refractivity contribution is -0.159. The van der Waals surface area contributed by atoms with Crippen LogP contribution in [0, 0.1) is 0 Å². The van der Waals surface area contributed by atoms with E-state index in [1.165, 1.54) is 6.92 Å². The lowest BCUT2D eigenvalue weighted by Gasteiger charge is -2.30. The van der Waals surface area contributed by atoms with Gasteiger partial charge in [0.05, 0.1) is 6.54 Å². The molecule has 0 saturated carbocycles. The van der Waals surface area contributed by atoms with Gasteiger partial charge in [0.1, 0.15) is 12.1 Å². The molecular formula is C21H36N4O4. The number of rotatable bonds is 5. The van der Waals surface area contributed by atoms with Crippen molar-refractivity contribution in [3.8, 4) is 0 Å². The van der Waals surface area contributed by atoms with Gasteiger partial charge >= 0.3 is 5.97 Å². The predicted octanol–water partition coefficient (Wildman–Crippen LogP) is 2.91. The van der Waals surface area contributed by atoms with Crippen LogP contribution in [0.25, 0.3) is 0 Å². The number of amides is 1. The Morgan fingerprint density at radius 1 is 1.17 bits per heavy atom. The summed E-state index contributed by atoms with van der Waals surface area (Å²) < 4.78 is 10.8. The van der Waals surface area contributed by atoms with Crippen molar-refractivity contribution in [3.63, 3.8) is 0 Å². The maximum Gasteiger partial charge on any atom is 0.326 e. The summed E-state index contributed by atoms with van der Waals surface area (Å²) in [6, 6.07) is 0.0258. The van der Waals surface area contributed by atoms with Gasteiger partial charge in [0.15, 0.2) is 5.82 Å². The number of hydrogen-bond acceptors (Lipinski definition) is 7. The highest BCUT2D eigenvalue weighted by Crippen LogP contribution is 2.21. The molecule has 1 saturated heterocycles. The molecule has 8 nitrogen and oxygen atoms in total. The molecule has 0 aromatic carbocycles. The molecule has 1 fully saturated rings. The molecule has 2 rings (SSSR count). The Labute approximate surface area is 174 Å². The molecule has 1 aliphatic rings. The van der Waals surface area contributed by atoms with Gasteiger partial charge in [-0.05, 0) is 46.6 Å². The minimum Gasteiger partial charge on any atom is -0.459 e. The lowest BCUT2D eigenvalue weighted by Crippen LogP contribution is -2.44. The summed E-state index contributed by atoms with van der Waals surface area (Å²) in [6.07, 6.45) is 2.58. The number of esters is 1. The van der Waals surface area contributed by atoms with Crippen molar-refractivity contribution in [2.75, 3.05) is 19.6 Å². The van der Waals surface area contributed by atoms with E-state index in [-0.39, 0.29) is 29.9 Å². The molecular weight excluding hydrogens is 372 g/mol. The number of carbonyl (C=O) groups is 2. The number of aromatic nitrogens is 2. The molecule has 1 aromatic heterocycles. The highest BCUT2D eigenvalue weighted by molar-refractivity contribution is 5.81. The first kappa shape index (κ1) is 23.3. The molecule has 1 aliphatic heterocycles. The van der Waals surface area contributed by atoms with E-state index in [4.69, 9.17) is 9.26 Å².